The van der Waals surface area contributed by atoms with Crippen LogP contribution in [0.5, 0.6) is 5.75 Å². The number of nitrogens with one attached hydrogen (secondary N) is 1. The SMILES string of the molecule is COc1cccc(CC2(C(=O)NCc3cnn(C)c3)CN(c3nccs3)C2)c1.O=CO. The number of amides is 1. The number of methoxy groups -OCH3 is 1. The molecule has 1 amide bonds. The first kappa shape index (κ1) is 22.3. The number of anilines is 1. The van der Waals surface area contributed by atoms with Gasteiger partial charge in [-0.2, -0.15) is 5.10 Å². The smallest absolute Gasteiger partial charge is 0.290 e. The molecule has 1 fully saturated rings. The van der Waals surface area contributed by atoms with Crippen LogP contribution in [0.3, 0.4) is 0 Å². The zero-order valence-corrected chi connectivity index (χ0v) is 18.2. The molecule has 1 aliphatic rings. The minimum absolute atomic E-state index is 0.0620. The summed E-state index contributed by atoms with van der Waals surface area (Å²) in [5.41, 5.74) is 1.60. The summed E-state index contributed by atoms with van der Waals surface area (Å²) in [4.78, 5) is 28.1. The van der Waals surface area contributed by atoms with Gasteiger partial charge in [-0.1, -0.05) is 12.1 Å². The third kappa shape index (κ3) is 5.40. The molecule has 2 aromatic heterocycles. The number of thiazole rings is 1. The summed E-state index contributed by atoms with van der Waals surface area (Å²) < 4.78 is 7.08. The predicted octanol–water partition coefficient (Wildman–Crippen LogP) is 1.95. The van der Waals surface area contributed by atoms with Crippen LogP contribution in [0.25, 0.3) is 0 Å². The van der Waals surface area contributed by atoms with Crippen LogP contribution in [-0.4, -0.2) is 52.4 Å². The van der Waals surface area contributed by atoms with Crippen molar-refractivity contribution in [1.82, 2.24) is 20.1 Å². The number of benzene rings is 1. The average Bonchev–Trinajstić information content (AvgIpc) is 3.41. The van der Waals surface area contributed by atoms with Crippen molar-refractivity contribution < 1.29 is 19.4 Å². The maximum absolute atomic E-state index is 13.2. The van der Waals surface area contributed by atoms with E-state index in [0.717, 1.165) is 22.0 Å². The van der Waals surface area contributed by atoms with E-state index in [1.54, 1.807) is 35.5 Å². The largest absolute Gasteiger partial charge is 0.497 e. The number of ether oxygens (including phenoxy) is 1. The highest BCUT2D eigenvalue weighted by Gasteiger charge is 2.49. The van der Waals surface area contributed by atoms with Crippen LogP contribution in [-0.2, 0) is 29.6 Å². The Morgan fingerprint density at radius 2 is 2.16 bits per heavy atom. The lowest BCUT2D eigenvalue weighted by Gasteiger charge is -2.49. The maximum atomic E-state index is 13.2. The quantitative estimate of drug-likeness (QED) is 0.537. The Morgan fingerprint density at radius 3 is 2.77 bits per heavy atom. The summed E-state index contributed by atoms with van der Waals surface area (Å²) in [6.07, 6.45) is 6.14. The van der Waals surface area contributed by atoms with Gasteiger partial charge in [0.25, 0.3) is 6.47 Å². The highest BCUT2D eigenvalue weighted by molar-refractivity contribution is 7.13. The van der Waals surface area contributed by atoms with Crippen molar-refractivity contribution in [3.05, 3.63) is 59.4 Å². The minimum atomic E-state index is -0.486. The fourth-order valence-corrected chi connectivity index (χ4v) is 4.28. The van der Waals surface area contributed by atoms with E-state index >= 15 is 0 Å². The van der Waals surface area contributed by atoms with Gasteiger partial charge in [0.1, 0.15) is 5.75 Å². The van der Waals surface area contributed by atoms with Crippen molar-refractivity contribution in [3.63, 3.8) is 0 Å². The lowest BCUT2D eigenvalue weighted by molar-refractivity contribution is -0.132. The van der Waals surface area contributed by atoms with Gasteiger partial charge in [-0.05, 0) is 24.1 Å². The summed E-state index contributed by atoms with van der Waals surface area (Å²) in [5.74, 6) is 0.867. The molecule has 1 aliphatic heterocycles. The Kier molecular flexibility index (Phi) is 7.24. The van der Waals surface area contributed by atoms with Gasteiger partial charge in [-0.15, -0.1) is 11.3 Å². The number of carboxylic acid groups (broad SMARTS) is 1. The number of carbonyl (C=O) groups excluding carboxylic acids is 1. The van der Waals surface area contributed by atoms with E-state index in [4.69, 9.17) is 14.6 Å². The lowest BCUT2D eigenvalue weighted by atomic mass is 9.74. The Bertz CT molecular complexity index is 999. The van der Waals surface area contributed by atoms with E-state index < -0.39 is 5.41 Å². The first-order valence-electron chi connectivity index (χ1n) is 9.61. The van der Waals surface area contributed by atoms with Crippen molar-refractivity contribution in [1.29, 1.82) is 0 Å². The van der Waals surface area contributed by atoms with Gasteiger partial charge >= 0.3 is 0 Å². The topological polar surface area (TPSA) is 110 Å². The number of carbonyl (C=O) groups is 2. The number of hydrogen-bond acceptors (Lipinski definition) is 7. The van der Waals surface area contributed by atoms with Crippen molar-refractivity contribution >= 4 is 28.8 Å². The predicted molar refractivity (Wildman–Crippen MR) is 117 cm³/mol. The van der Waals surface area contributed by atoms with Gasteiger partial charge in [0.05, 0.1) is 18.7 Å². The summed E-state index contributed by atoms with van der Waals surface area (Å²) in [6.45, 7) is 1.52. The molecule has 0 bridgehead atoms. The van der Waals surface area contributed by atoms with Gasteiger partial charge in [-0.25, -0.2) is 4.98 Å². The standard InChI is InChI=1S/C20H23N5O2S.CH2O2/c1-24-12-16(11-23-24)10-22-18(26)20(9-15-4-3-5-17(8-15)27-2)13-25(14-20)19-21-6-7-28-19;2-1-3/h3-8,11-12H,9-10,13-14H2,1-2H3,(H,22,26);1H,(H,2,3). The molecule has 0 radical (unpaired) electrons. The van der Waals surface area contributed by atoms with Gasteiger partial charge in [0, 0.05) is 50.0 Å². The molecule has 164 valence electrons. The van der Waals surface area contributed by atoms with Crippen LogP contribution in [0.2, 0.25) is 0 Å². The van der Waals surface area contributed by atoms with Gasteiger partial charge < -0.3 is 20.1 Å². The highest BCUT2D eigenvalue weighted by Crippen LogP contribution is 2.39. The minimum Gasteiger partial charge on any atom is -0.497 e. The van der Waals surface area contributed by atoms with E-state index in [-0.39, 0.29) is 12.4 Å². The fourth-order valence-electron chi connectivity index (χ4n) is 3.63. The molecule has 9 nitrogen and oxygen atoms in total. The molecule has 4 rings (SSSR count). The zero-order chi connectivity index (χ0) is 22.3. The van der Waals surface area contributed by atoms with Crippen LogP contribution >= 0.6 is 11.3 Å². The van der Waals surface area contributed by atoms with Crippen molar-refractivity contribution in [2.75, 3.05) is 25.1 Å². The van der Waals surface area contributed by atoms with Crippen LogP contribution in [0, 0.1) is 5.41 Å². The molecular weight excluding hydrogens is 418 g/mol. The number of aryl methyl sites for hydroxylation is 1. The molecule has 1 saturated heterocycles. The molecule has 31 heavy (non-hydrogen) atoms. The highest BCUT2D eigenvalue weighted by atomic mass is 32.1. The number of nitrogens with zero attached hydrogens (tertiary/aromatic N) is 4. The van der Waals surface area contributed by atoms with Crippen molar-refractivity contribution in [3.8, 4) is 5.75 Å². The Labute approximate surface area is 184 Å². The Balaban J connectivity index is 0.000000858. The first-order valence-corrected chi connectivity index (χ1v) is 10.5. The van der Waals surface area contributed by atoms with E-state index in [9.17, 15) is 4.79 Å². The molecule has 3 aromatic rings. The lowest BCUT2D eigenvalue weighted by Crippen LogP contribution is -2.64. The Hall–Kier alpha value is -3.40. The molecule has 0 atom stereocenters. The molecule has 0 saturated carbocycles. The van der Waals surface area contributed by atoms with Crippen LogP contribution in [0.15, 0.2) is 48.2 Å². The molecule has 0 unspecified atom stereocenters. The third-order valence-electron chi connectivity index (χ3n) is 5.05. The molecule has 10 heteroatoms. The van der Waals surface area contributed by atoms with E-state index in [0.29, 0.717) is 26.1 Å². The molecule has 1 aromatic carbocycles. The average molecular weight is 444 g/mol. The molecular formula is C21H25N5O4S. The number of aromatic nitrogens is 3. The monoisotopic (exact) mass is 443 g/mol. The first-order chi connectivity index (χ1) is 15.0. The van der Waals surface area contributed by atoms with Gasteiger partial charge in [-0.3, -0.25) is 14.3 Å². The van der Waals surface area contributed by atoms with E-state index in [1.807, 2.05) is 42.9 Å². The van der Waals surface area contributed by atoms with Crippen LogP contribution in [0.1, 0.15) is 11.1 Å². The second-order valence-electron chi connectivity index (χ2n) is 7.29. The van der Waals surface area contributed by atoms with E-state index in [1.165, 1.54) is 0 Å². The normalized spacial score (nSPS) is 14.1. The summed E-state index contributed by atoms with van der Waals surface area (Å²) in [6, 6.07) is 7.93. The summed E-state index contributed by atoms with van der Waals surface area (Å²) >= 11 is 1.60. The third-order valence-corrected chi connectivity index (χ3v) is 5.88. The van der Waals surface area contributed by atoms with Crippen LogP contribution < -0.4 is 15.0 Å². The Morgan fingerprint density at radius 1 is 1.39 bits per heavy atom. The number of hydrogen-bond donors (Lipinski definition) is 2. The van der Waals surface area contributed by atoms with Gasteiger partial charge in [0.2, 0.25) is 5.91 Å². The van der Waals surface area contributed by atoms with Gasteiger partial charge in [0.15, 0.2) is 5.13 Å². The van der Waals surface area contributed by atoms with Crippen molar-refractivity contribution in [2.45, 2.75) is 13.0 Å². The molecule has 3 heterocycles. The summed E-state index contributed by atoms with van der Waals surface area (Å²) in [7, 11) is 3.52. The maximum Gasteiger partial charge on any atom is 0.290 e. The number of rotatable bonds is 7. The second-order valence-corrected chi connectivity index (χ2v) is 8.16. The zero-order valence-electron chi connectivity index (χ0n) is 17.4. The molecule has 2 N–H and O–H groups in total. The molecule has 0 aliphatic carbocycles. The second kappa shape index (κ2) is 10.1. The molecule has 0 spiro atoms. The van der Waals surface area contributed by atoms with E-state index in [2.05, 4.69) is 20.3 Å². The summed E-state index contributed by atoms with van der Waals surface area (Å²) in [5, 5.41) is 17.1. The van der Waals surface area contributed by atoms with Crippen LogP contribution in [0.4, 0.5) is 5.13 Å². The fraction of sp³-hybridized carbons (Fsp3) is 0.333. The van der Waals surface area contributed by atoms with Crippen molar-refractivity contribution in [2.24, 2.45) is 12.5 Å².